The summed E-state index contributed by atoms with van der Waals surface area (Å²) in [5.41, 5.74) is 0. The molecule has 6 heteroatoms. The third-order valence-electron chi connectivity index (χ3n) is 2.29. The van der Waals surface area contributed by atoms with E-state index in [0.717, 1.165) is 23.0 Å². The fourth-order valence-electron chi connectivity index (χ4n) is 1.33. The smallest absolute Gasteiger partial charge is 0.239 e. The number of nitrogens with zero attached hydrogens (tertiary/aromatic N) is 3. The highest BCUT2D eigenvalue weighted by Gasteiger charge is 2.14. The fourth-order valence-corrected chi connectivity index (χ4v) is 3.08. The second kappa shape index (κ2) is 5.64. The molecule has 4 nitrogen and oxygen atoms in total. The molecule has 0 unspecified atom stereocenters. The molecule has 0 radical (unpaired) electrons. The van der Waals surface area contributed by atoms with Gasteiger partial charge in [-0.1, -0.05) is 12.1 Å². The van der Waals surface area contributed by atoms with Crippen LogP contribution in [0.1, 0.15) is 40.7 Å². The average Bonchev–Trinajstić information content (AvgIpc) is 2.94. The van der Waals surface area contributed by atoms with E-state index in [9.17, 15) is 0 Å². The quantitative estimate of drug-likeness (QED) is 0.832. The van der Waals surface area contributed by atoms with Crippen LogP contribution in [-0.2, 0) is 12.2 Å². The summed E-state index contributed by atoms with van der Waals surface area (Å²) in [6.07, 6.45) is 2.75. The molecule has 0 bridgehead atoms. The summed E-state index contributed by atoms with van der Waals surface area (Å²) in [4.78, 5) is 9.86. The third-order valence-corrected chi connectivity index (χ3v) is 4.57. The maximum Gasteiger partial charge on any atom is 0.239 e. The zero-order valence-electron chi connectivity index (χ0n) is 10.1. The van der Waals surface area contributed by atoms with Crippen LogP contribution in [0.25, 0.3) is 0 Å². The molecule has 17 heavy (non-hydrogen) atoms. The highest BCUT2D eigenvalue weighted by atomic mass is 32.2. The number of hydrogen-bond acceptors (Lipinski definition) is 6. The lowest BCUT2D eigenvalue weighted by Crippen LogP contribution is -1.90. The first kappa shape index (κ1) is 12.6. The molecule has 0 saturated carbocycles. The minimum absolute atomic E-state index is 0.227. The Bertz CT molecular complexity index is 481. The fraction of sp³-hybridized carbons (Fsp3) is 0.545. The highest BCUT2D eigenvalue weighted by Crippen LogP contribution is 2.31. The van der Waals surface area contributed by atoms with Gasteiger partial charge in [0.25, 0.3) is 0 Å². The van der Waals surface area contributed by atoms with Crippen molar-refractivity contribution in [2.75, 3.05) is 0 Å². The number of rotatable bonds is 5. The zero-order chi connectivity index (χ0) is 12.3. The number of thiazole rings is 1. The molecule has 0 aliphatic carbocycles. The van der Waals surface area contributed by atoms with Gasteiger partial charge in [0.1, 0.15) is 0 Å². The normalized spacial score (nSPS) is 12.9. The molecule has 0 aliphatic rings. The van der Waals surface area contributed by atoms with Crippen LogP contribution < -0.4 is 0 Å². The van der Waals surface area contributed by atoms with Gasteiger partial charge in [-0.25, -0.2) is 4.98 Å². The van der Waals surface area contributed by atoms with Crippen molar-refractivity contribution < 1.29 is 4.52 Å². The van der Waals surface area contributed by atoms with Crippen LogP contribution in [0.5, 0.6) is 0 Å². The van der Waals surface area contributed by atoms with Gasteiger partial charge in [0.2, 0.25) is 5.89 Å². The first-order chi connectivity index (χ1) is 8.19. The molecule has 0 aliphatic heterocycles. The summed E-state index contributed by atoms with van der Waals surface area (Å²) >= 11 is 3.53. The van der Waals surface area contributed by atoms with Crippen LogP contribution in [0.3, 0.4) is 0 Å². The monoisotopic (exact) mass is 269 g/mol. The molecular weight excluding hydrogens is 254 g/mol. The predicted molar refractivity (Wildman–Crippen MR) is 70.2 cm³/mol. The van der Waals surface area contributed by atoms with E-state index in [1.54, 1.807) is 23.1 Å². The van der Waals surface area contributed by atoms with E-state index >= 15 is 0 Å². The first-order valence-corrected chi connectivity index (χ1v) is 7.41. The number of aryl methyl sites for hydroxylation is 2. The Morgan fingerprint density at radius 2 is 2.35 bits per heavy atom. The lowest BCUT2D eigenvalue weighted by molar-refractivity contribution is 0.375. The van der Waals surface area contributed by atoms with Crippen molar-refractivity contribution in [3.8, 4) is 0 Å². The molecule has 2 aromatic heterocycles. The van der Waals surface area contributed by atoms with E-state index in [1.165, 1.54) is 4.88 Å². The predicted octanol–water partition coefficient (Wildman–Crippen LogP) is 3.39. The van der Waals surface area contributed by atoms with Crippen LogP contribution in [0, 0.1) is 6.92 Å². The summed E-state index contributed by atoms with van der Waals surface area (Å²) in [6.45, 7) is 6.13. The van der Waals surface area contributed by atoms with Crippen molar-refractivity contribution >= 4 is 23.1 Å². The van der Waals surface area contributed by atoms with E-state index in [-0.39, 0.29) is 5.25 Å². The molecular formula is C11H15N3OS2. The Labute approximate surface area is 109 Å². The van der Waals surface area contributed by atoms with E-state index in [1.807, 2.05) is 20.0 Å². The van der Waals surface area contributed by atoms with Crippen molar-refractivity contribution in [3.63, 3.8) is 0 Å². The summed E-state index contributed by atoms with van der Waals surface area (Å²) in [5, 5.41) is 5.24. The Hall–Kier alpha value is -0.880. The Morgan fingerprint density at radius 3 is 2.94 bits per heavy atom. The van der Waals surface area contributed by atoms with Gasteiger partial charge in [0.05, 0.1) is 10.3 Å². The van der Waals surface area contributed by atoms with Crippen molar-refractivity contribution in [3.05, 3.63) is 27.8 Å². The number of hydrogen-bond donors (Lipinski definition) is 0. The topological polar surface area (TPSA) is 51.8 Å². The second-order valence-corrected chi connectivity index (χ2v) is 6.35. The second-order valence-electron chi connectivity index (χ2n) is 3.70. The molecule has 0 amide bonds. The maximum absolute atomic E-state index is 5.22. The van der Waals surface area contributed by atoms with Crippen LogP contribution in [0.15, 0.2) is 10.7 Å². The van der Waals surface area contributed by atoms with Crippen LogP contribution >= 0.6 is 23.1 Å². The van der Waals surface area contributed by atoms with Crippen LogP contribution in [0.4, 0.5) is 0 Å². The summed E-state index contributed by atoms with van der Waals surface area (Å²) in [7, 11) is 0. The van der Waals surface area contributed by atoms with Crippen molar-refractivity contribution in [1.82, 2.24) is 15.1 Å². The minimum Gasteiger partial charge on any atom is -0.338 e. The van der Waals surface area contributed by atoms with Gasteiger partial charge in [-0.2, -0.15) is 4.98 Å². The highest BCUT2D eigenvalue weighted by molar-refractivity contribution is 7.98. The molecule has 2 heterocycles. The lowest BCUT2D eigenvalue weighted by atomic mass is 10.4. The van der Waals surface area contributed by atoms with E-state index in [4.69, 9.17) is 4.52 Å². The molecule has 1 atom stereocenters. The van der Waals surface area contributed by atoms with E-state index < -0.39 is 0 Å². The van der Waals surface area contributed by atoms with Gasteiger partial charge in [-0.05, 0) is 13.8 Å². The number of aromatic nitrogens is 3. The molecule has 0 fully saturated rings. The van der Waals surface area contributed by atoms with Gasteiger partial charge < -0.3 is 4.52 Å². The van der Waals surface area contributed by atoms with Gasteiger partial charge in [0.15, 0.2) is 5.82 Å². The zero-order valence-corrected chi connectivity index (χ0v) is 11.8. The van der Waals surface area contributed by atoms with Crippen molar-refractivity contribution in [2.45, 2.75) is 38.2 Å². The summed E-state index contributed by atoms with van der Waals surface area (Å²) in [6, 6.07) is 0. The Balaban J connectivity index is 1.90. The Morgan fingerprint density at radius 1 is 1.53 bits per heavy atom. The van der Waals surface area contributed by atoms with Crippen LogP contribution in [0.2, 0.25) is 0 Å². The molecule has 0 saturated heterocycles. The molecule has 2 aromatic rings. The van der Waals surface area contributed by atoms with E-state index in [0.29, 0.717) is 5.89 Å². The SMILES string of the molecule is CCc1noc([C@H](C)SCc2cnc(C)s2)n1. The standard InChI is InChI=1S/C11H15N3OS2/c1-4-10-13-11(15-14-10)7(2)16-6-9-5-12-8(3)17-9/h5,7H,4,6H2,1-3H3/t7-/m0/s1. The number of thioether (sulfide) groups is 1. The maximum atomic E-state index is 5.22. The van der Waals surface area contributed by atoms with Crippen molar-refractivity contribution in [2.24, 2.45) is 0 Å². The summed E-state index contributed by atoms with van der Waals surface area (Å²) < 4.78 is 5.22. The van der Waals surface area contributed by atoms with Gasteiger partial charge >= 0.3 is 0 Å². The summed E-state index contributed by atoms with van der Waals surface area (Å²) in [5.74, 6) is 2.44. The van der Waals surface area contributed by atoms with Gasteiger partial charge in [-0.15, -0.1) is 23.1 Å². The first-order valence-electron chi connectivity index (χ1n) is 5.54. The minimum atomic E-state index is 0.227. The third kappa shape index (κ3) is 3.29. The van der Waals surface area contributed by atoms with E-state index in [2.05, 4.69) is 22.0 Å². The molecule has 92 valence electrons. The lowest BCUT2D eigenvalue weighted by Gasteiger charge is -2.03. The molecule has 2 rings (SSSR count). The largest absolute Gasteiger partial charge is 0.338 e. The van der Waals surface area contributed by atoms with Gasteiger partial charge in [-0.3, -0.25) is 0 Å². The molecule has 0 N–H and O–H groups in total. The van der Waals surface area contributed by atoms with Crippen molar-refractivity contribution in [1.29, 1.82) is 0 Å². The Kier molecular flexibility index (Phi) is 4.17. The molecule has 0 aromatic carbocycles. The average molecular weight is 269 g/mol. The molecule has 0 spiro atoms. The van der Waals surface area contributed by atoms with Gasteiger partial charge in [0, 0.05) is 23.2 Å². The van der Waals surface area contributed by atoms with Crippen LogP contribution in [-0.4, -0.2) is 15.1 Å².